The molecule has 1 rings (SSSR count). The van der Waals surface area contributed by atoms with Crippen LogP contribution in [0.4, 0.5) is 4.79 Å². The van der Waals surface area contributed by atoms with E-state index in [4.69, 9.17) is 16.3 Å². The highest BCUT2D eigenvalue weighted by Gasteiger charge is 2.16. The molecule has 0 aliphatic heterocycles. The number of hydrogen-bond donors (Lipinski definition) is 1. The Balaban J connectivity index is 2.40. The van der Waals surface area contributed by atoms with Crippen molar-refractivity contribution in [2.75, 3.05) is 40.3 Å². The SMILES string of the molecule is CC(C)N(CCOc1ccc(Cl)cc1)C(=O)NCCN(C)C. The van der Waals surface area contributed by atoms with Crippen LogP contribution in [-0.2, 0) is 0 Å². The maximum absolute atomic E-state index is 12.2. The van der Waals surface area contributed by atoms with E-state index in [2.05, 4.69) is 5.32 Å². The maximum Gasteiger partial charge on any atom is 0.317 e. The van der Waals surface area contributed by atoms with Gasteiger partial charge in [0.05, 0.1) is 6.54 Å². The molecular weight excluding hydrogens is 302 g/mol. The molecule has 0 atom stereocenters. The predicted octanol–water partition coefficient (Wildman–Crippen LogP) is 2.70. The standard InChI is InChI=1S/C16H26ClN3O2/c1-13(2)20(16(21)18-9-10-19(3)4)11-12-22-15-7-5-14(17)6-8-15/h5-8,13H,9-12H2,1-4H3,(H,18,21). The van der Waals surface area contributed by atoms with Gasteiger partial charge in [0.1, 0.15) is 12.4 Å². The first-order valence-corrected chi connectivity index (χ1v) is 7.85. The fourth-order valence-corrected chi connectivity index (χ4v) is 2.00. The van der Waals surface area contributed by atoms with Crippen molar-refractivity contribution in [1.29, 1.82) is 0 Å². The van der Waals surface area contributed by atoms with Gasteiger partial charge in [0.2, 0.25) is 0 Å². The molecule has 0 radical (unpaired) electrons. The van der Waals surface area contributed by atoms with Crippen molar-refractivity contribution in [2.45, 2.75) is 19.9 Å². The highest BCUT2D eigenvalue weighted by molar-refractivity contribution is 6.30. The van der Waals surface area contributed by atoms with Crippen molar-refractivity contribution in [1.82, 2.24) is 15.1 Å². The summed E-state index contributed by atoms with van der Waals surface area (Å²) in [5, 5.41) is 3.60. The Morgan fingerprint density at radius 2 is 1.86 bits per heavy atom. The third-order valence-corrected chi connectivity index (χ3v) is 3.39. The van der Waals surface area contributed by atoms with Crippen LogP contribution in [0, 0.1) is 0 Å². The number of hydrogen-bond acceptors (Lipinski definition) is 3. The van der Waals surface area contributed by atoms with Gasteiger partial charge >= 0.3 is 6.03 Å². The summed E-state index contributed by atoms with van der Waals surface area (Å²) >= 11 is 5.83. The number of carbonyl (C=O) groups is 1. The van der Waals surface area contributed by atoms with Crippen molar-refractivity contribution in [2.24, 2.45) is 0 Å². The molecule has 0 aliphatic rings. The zero-order chi connectivity index (χ0) is 16.5. The number of ether oxygens (including phenoxy) is 1. The molecule has 0 saturated carbocycles. The smallest absolute Gasteiger partial charge is 0.317 e. The third kappa shape index (κ3) is 7.00. The summed E-state index contributed by atoms with van der Waals surface area (Å²) in [7, 11) is 3.96. The lowest BCUT2D eigenvalue weighted by atomic mass is 10.3. The van der Waals surface area contributed by atoms with E-state index in [-0.39, 0.29) is 12.1 Å². The molecule has 0 spiro atoms. The van der Waals surface area contributed by atoms with Crippen LogP contribution in [0.15, 0.2) is 24.3 Å². The molecule has 0 fully saturated rings. The van der Waals surface area contributed by atoms with Crippen LogP contribution in [0.3, 0.4) is 0 Å². The molecule has 1 N–H and O–H groups in total. The summed E-state index contributed by atoms with van der Waals surface area (Å²) in [6.07, 6.45) is 0. The number of rotatable bonds is 8. The Labute approximate surface area is 138 Å². The van der Waals surface area contributed by atoms with Crippen molar-refractivity contribution in [3.63, 3.8) is 0 Å². The van der Waals surface area contributed by atoms with Crippen LogP contribution in [-0.4, -0.2) is 62.2 Å². The summed E-state index contributed by atoms with van der Waals surface area (Å²) in [6.45, 7) is 6.42. The second-order valence-corrected chi connectivity index (χ2v) is 6.06. The van der Waals surface area contributed by atoms with Crippen LogP contribution >= 0.6 is 11.6 Å². The van der Waals surface area contributed by atoms with Gasteiger partial charge in [-0.3, -0.25) is 0 Å². The van der Waals surface area contributed by atoms with E-state index in [1.54, 1.807) is 17.0 Å². The number of nitrogens with zero attached hydrogens (tertiary/aromatic N) is 2. The minimum absolute atomic E-state index is 0.0587. The molecule has 124 valence electrons. The normalized spacial score (nSPS) is 10.9. The van der Waals surface area contributed by atoms with Crippen molar-refractivity contribution in [3.8, 4) is 5.75 Å². The quantitative estimate of drug-likeness (QED) is 0.798. The highest BCUT2D eigenvalue weighted by Crippen LogP contribution is 2.15. The molecule has 22 heavy (non-hydrogen) atoms. The molecule has 0 bridgehead atoms. The Bertz CT molecular complexity index is 449. The van der Waals surface area contributed by atoms with Gasteiger partial charge in [0, 0.05) is 24.2 Å². The van der Waals surface area contributed by atoms with Crippen LogP contribution in [0.1, 0.15) is 13.8 Å². The second kappa shape index (κ2) is 9.54. The molecule has 1 aromatic rings. The van der Waals surface area contributed by atoms with E-state index in [0.29, 0.717) is 24.7 Å². The molecule has 6 heteroatoms. The fourth-order valence-electron chi connectivity index (χ4n) is 1.87. The maximum atomic E-state index is 12.2. The number of carbonyl (C=O) groups excluding carboxylic acids is 1. The molecule has 5 nitrogen and oxygen atoms in total. The van der Waals surface area contributed by atoms with E-state index in [1.807, 2.05) is 45.0 Å². The summed E-state index contributed by atoms with van der Waals surface area (Å²) < 4.78 is 5.65. The van der Waals surface area contributed by atoms with Crippen LogP contribution < -0.4 is 10.1 Å². The number of halogens is 1. The summed E-state index contributed by atoms with van der Waals surface area (Å²) in [5.41, 5.74) is 0. The fraction of sp³-hybridized carbons (Fsp3) is 0.562. The monoisotopic (exact) mass is 327 g/mol. The number of amides is 2. The van der Waals surface area contributed by atoms with Crippen molar-refractivity contribution in [3.05, 3.63) is 29.3 Å². The van der Waals surface area contributed by atoms with Gasteiger partial charge in [-0.2, -0.15) is 0 Å². The van der Waals surface area contributed by atoms with E-state index >= 15 is 0 Å². The van der Waals surface area contributed by atoms with E-state index < -0.39 is 0 Å². The molecule has 0 heterocycles. The van der Waals surface area contributed by atoms with Gasteiger partial charge in [-0.15, -0.1) is 0 Å². The lowest BCUT2D eigenvalue weighted by Gasteiger charge is -2.27. The van der Waals surface area contributed by atoms with Crippen LogP contribution in [0.2, 0.25) is 5.02 Å². The Morgan fingerprint density at radius 1 is 1.23 bits per heavy atom. The molecule has 0 saturated heterocycles. The van der Waals surface area contributed by atoms with E-state index in [9.17, 15) is 4.79 Å². The van der Waals surface area contributed by atoms with Crippen LogP contribution in [0.5, 0.6) is 5.75 Å². The molecular formula is C16H26ClN3O2. The van der Waals surface area contributed by atoms with Gasteiger partial charge in [0.25, 0.3) is 0 Å². The zero-order valence-electron chi connectivity index (χ0n) is 13.8. The lowest BCUT2D eigenvalue weighted by Crippen LogP contribution is -2.47. The van der Waals surface area contributed by atoms with E-state index in [1.165, 1.54) is 0 Å². The van der Waals surface area contributed by atoms with Crippen molar-refractivity contribution < 1.29 is 9.53 Å². The summed E-state index contributed by atoms with van der Waals surface area (Å²) in [4.78, 5) is 16.0. The van der Waals surface area contributed by atoms with Gasteiger partial charge in [-0.1, -0.05) is 11.6 Å². The average Bonchev–Trinajstić information content (AvgIpc) is 2.44. The zero-order valence-corrected chi connectivity index (χ0v) is 14.6. The highest BCUT2D eigenvalue weighted by atomic mass is 35.5. The van der Waals surface area contributed by atoms with Gasteiger partial charge in [-0.05, 0) is 52.2 Å². The summed E-state index contributed by atoms with van der Waals surface area (Å²) in [5.74, 6) is 0.751. The number of likely N-dealkylation sites (N-methyl/N-ethyl adjacent to an activating group) is 1. The van der Waals surface area contributed by atoms with Gasteiger partial charge < -0.3 is 19.9 Å². The molecule has 2 amide bonds. The molecule has 0 unspecified atom stereocenters. The second-order valence-electron chi connectivity index (χ2n) is 5.62. The minimum Gasteiger partial charge on any atom is -0.492 e. The minimum atomic E-state index is -0.0587. The first-order chi connectivity index (χ1) is 10.4. The Hall–Kier alpha value is -1.46. The van der Waals surface area contributed by atoms with Gasteiger partial charge in [-0.25, -0.2) is 4.79 Å². The summed E-state index contributed by atoms with van der Waals surface area (Å²) in [6, 6.07) is 7.26. The van der Waals surface area contributed by atoms with Crippen LogP contribution in [0.25, 0.3) is 0 Å². The average molecular weight is 328 g/mol. The Kier molecular flexibility index (Phi) is 8.06. The largest absolute Gasteiger partial charge is 0.492 e. The molecule has 0 aromatic heterocycles. The van der Waals surface area contributed by atoms with Gasteiger partial charge in [0.15, 0.2) is 0 Å². The third-order valence-electron chi connectivity index (χ3n) is 3.13. The van der Waals surface area contributed by atoms with Crippen molar-refractivity contribution >= 4 is 17.6 Å². The topological polar surface area (TPSA) is 44.8 Å². The number of nitrogens with one attached hydrogen (secondary N) is 1. The first-order valence-electron chi connectivity index (χ1n) is 7.47. The molecule has 1 aromatic carbocycles. The number of benzene rings is 1. The number of urea groups is 1. The predicted molar refractivity (Wildman–Crippen MR) is 90.7 cm³/mol. The lowest BCUT2D eigenvalue weighted by molar-refractivity contribution is 0.165. The molecule has 0 aliphatic carbocycles. The first kappa shape index (κ1) is 18.6. The van der Waals surface area contributed by atoms with E-state index in [0.717, 1.165) is 12.3 Å². The Morgan fingerprint density at radius 3 is 2.41 bits per heavy atom.